The van der Waals surface area contributed by atoms with Gasteiger partial charge >= 0.3 is 0 Å². The molecule has 0 spiro atoms. The van der Waals surface area contributed by atoms with Crippen molar-refractivity contribution in [2.45, 2.75) is 26.3 Å². The van der Waals surface area contributed by atoms with E-state index >= 15 is 0 Å². The molecule has 0 atom stereocenters. The zero-order valence-electron chi connectivity index (χ0n) is 13.4. The van der Waals surface area contributed by atoms with Crippen LogP contribution < -0.4 is 9.47 Å². The summed E-state index contributed by atoms with van der Waals surface area (Å²) in [6.07, 6.45) is 1.83. The maximum Gasteiger partial charge on any atom is 0.292 e. The van der Waals surface area contributed by atoms with Gasteiger partial charge in [-0.05, 0) is 48.2 Å². The maximum absolute atomic E-state index is 12.6. The zero-order chi connectivity index (χ0) is 16.2. The van der Waals surface area contributed by atoms with E-state index in [1.165, 1.54) is 5.56 Å². The van der Waals surface area contributed by atoms with E-state index in [2.05, 4.69) is 5.16 Å². The third kappa shape index (κ3) is 3.31. The summed E-state index contributed by atoms with van der Waals surface area (Å²) in [5, 5.41) is 3.75. The SMILES string of the molecule is CCOc1cc(C(=O)N2CCCc3cc(OC)ccc3C2)on1. The smallest absolute Gasteiger partial charge is 0.292 e. The van der Waals surface area contributed by atoms with Gasteiger partial charge in [-0.15, -0.1) is 0 Å². The van der Waals surface area contributed by atoms with E-state index in [4.69, 9.17) is 14.0 Å². The highest BCUT2D eigenvalue weighted by Crippen LogP contribution is 2.25. The molecule has 0 bridgehead atoms. The van der Waals surface area contributed by atoms with Gasteiger partial charge < -0.3 is 18.9 Å². The lowest BCUT2D eigenvalue weighted by Crippen LogP contribution is -2.30. The summed E-state index contributed by atoms with van der Waals surface area (Å²) in [7, 11) is 1.66. The van der Waals surface area contributed by atoms with Crippen LogP contribution in [0.5, 0.6) is 11.6 Å². The summed E-state index contributed by atoms with van der Waals surface area (Å²) in [5.74, 6) is 1.24. The van der Waals surface area contributed by atoms with E-state index in [0.29, 0.717) is 25.6 Å². The normalized spacial score (nSPS) is 14.1. The molecule has 0 aliphatic carbocycles. The number of rotatable bonds is 4. The first-order valence-corrected chi connectivity index (χ1v) is 7.76. The summed E-state index contributed by atoms with van der Waals surface area (Å²) in [5.41, 5.74) is 2.37. The molecule has 1 aliphatic rings. The van der Waals surface area contributed by atoms with Crippen LogP contribution in [0.25, 0.3) is 0 Å². The lowest BCUT2D eigenvalue weighted by atomic mass is 10.0. The summed E-state index contributed by atoms with van der Waals surface area (Å²) in [6.45, 7) is 3.58. The number of carbonyl (C=O) groups is 1. The van der Waals surface area contributed by atoms with Crippen molar-refractivity contribution in [3.63, 3.8) is 0 Å². The molecule has 2 heterocycles. The number of carbonyl (C=O) groups excluding carboxylic acids is 1. The first-order chi connectivity index (χ1) is 11.2. The van der Waals surface area contributed by atoms with Crippen molar-refractivity contribution in [3.05, 3.63) is 41.2 Å². The van der Waals surface area contributed by atoms with Crippen LogP contribution in [-0.2, 0) is 13.0 Å². The second kappa shape index (κ2) is 6.73. The Hall–Kier alpha value is -2.50. The Kier molecular flexibility index (Phi) is 4.50. The highest BCUT2D eigenvalue weighted by molar-refractivity contribution is 5.91. The lowest BCUT2D eigenvalue weighted by molar-refractivity contribution is 0.0703. The van der Waals surface area contributed by atoms with Gasteiger partial charge in [0.25, 0.3) is 11.8 Å². The molecule has 1 amide bonds. The minimum absolute atomic E-state index is 0.160. The molecule has 1 aliphatic heterocycles. The average molecular weight is 316 g/mol. The minimum Gasteiger partial charge on any atom is -0.497 e. The van der Waals surface area contributed by atoms with Crippen LogP contribution in [0.2, 0.25) is 0 Å². The Labute approximate surface area is 135 Å². The Morgan fingerprint density at radius 3 is 3.00 bits per heavy atom. The number of aryl methyl sites for hydroxylation is 1. The fourth-order valence-corrected chi connectivity index (χ4v) is 2.77. The second-order valence-corrected chi connectivity index (χ2v) is 5.43. The van der Waals surface area contributed by atoms with Crippen LogP contribution in [0, 0.1) is 0 Å². The molecule has 23 heavy (non-hydrogen) atoms. The molecular weight excluding hydrogens is 296 g/mol. The van der Waals surface area contributed by atoms with Crippen LogP contribution in [-0.4, -0.2) is 36.2 Å². The molecule has 0 radical (unpaired) electrons. The summed E-state index contributed by atoms with van der Waals surface area (Å²) >= 11 is 0. The van der Waals surface area contributed by atoms with E-state index in [-0.39, 0.29) is 11.7 Å². The number of methoxy groups -OCH3 is 1. The fourth-order valence-electron chi connectivity index (χ4n) is 2.77. The van der Waals surface area contributed by atoms with E-state index in [1.807, 2.05) is 25.1 Å². The number of nitrogens with zero attached hydrogens (tertiary/aromatic N) is 2. The largest absolute Gasteiger partial charge is 0.497 e. The van der Waals surface area contributed by atoms with Crippen LogP contribution in [0.15, 0.2) is 28.8 Å². The quantitative estimate of drug-likeness (QED) is 0.867. The Morgan fingerprint density at radius 1 is 1.35 bits per heavy atom. The van der Waals surface area contributed by atoms with Crippen molar-refractivity contribution in [2.24, 2.45) is 0 Å². The molecule has 0 unspecified atom stereocenters. The summed E-state index contributed by atoms with van der Waals surface area (Å²) in [6, 6.07) is 7.54. The van der Waals surface area contributed by atoms with E-state index in [0.717, 1.165) is 24.2 Å². The predicted molar refractivity (Wildman–Crippen MR) is 83.7 cm³/mol. The van der Waals surface area contributed by atoms with E-state index < -0.39 is 0 Å². The molecule has 3 rings (SSSR count). The second-order valence-electron chi connectivity index (χ2n) is 5.43. The van der Waals surface area contributed by atoms with Gasteiger partial charge in [0.15, 0.2) is 0 Å². The summed E-state index contributed by atoms with van der Waals surface area (Å²) in [4.78, 5) is 14.4. The van der Waals surface area contributed by atoms with Gasteiger partial charge in [-0.2, -0.15) is 0 Å². The number of amides is 1. The molecule has 6 nitrogen and oxygen atoms in total. The number of aromatic nitrogens is 1. The highest BCUT2D eigenvalue weighted by Gasteiger charge is 2.24. The van der Waals surface area contributed by atoms with E-state index in [1.54, 1.807) is 18.1 Å². The van der Waals surface area contributed by atoms with Crippen molar-refractivity contribution in [2.75, 3.05) is 20.3 Å². The summed E-state index contributed by atoms with van der Waals surface area (Å²) < 4.78 is 15.6. The van der Waals surface area contributed by atoms with Gasteiger partial charge in [0.1, 0.15) is 5.75 Å². The molecule has 0 fully saturated rings. The van der Waals surface area contributed by atoms with Crippen LogP contribution >= 0.6 is 0 Å². The maximum atomic E-state index is 12.6. The van der Waals surface area contributed by atoms with Crippen LogP contribution in [0.1, 0.15) is 35.0 Å². The number of benzene rings is 1. The average Bonchev–Trinajstić information content (AvgIpc) is 2.92. The fraction of sp³-hybridized carbons (Fsp3) is 0.412. The first kappa shape index (κ1) is 15.4. The molecule has 1 aromatic heterocycles. The molecule has 2 aromatic rings. The number of hydrogen-bond donors (Lipinski definition) is 0. The highest BCUT2D eigenvalue weighted by atomic mass is 16.5. The number of fused-ring (bicyclic) bond motifs is 1. The van der Waals surface area contributed by atoms with Gasteiger partial charge in [0, 0.05) is 13.1 Å². The van der Waals surface area contributed by atoms with Crippen molar-refractivity contribution in [1.82, 2.24) is 10.1 Å². The Balaban J connectivity index is 1.78. The Bertz CT molecular complexity index is 696. The van der Waals surface area contributed by atoms with Gasteiger partial charge in [0.2, 0.25) is 5.76 Å². The van der Waals surface area contributed by atoms with Crippen molar-refractivity contribution in [1.29, 1.82) is 0 Å². The van der Waals surface area contributed by atoms with Crippen LogP contribution in [0.3, 0.4) is 0 Å². The molecular formula is C17H20N2O4. The number of ether oxygens (including phenoxy) is 2. The van der Waals surface area contributed by atoms with Crippen molar-refractivity contribution in [3.8, 4) is 11.6 Å². The van der Waals surface area contributed by atoms with Crippen molar-refractivity contribution >= 4 is 5.91 Å². The predicted octanol–water partition coefficient (Wildman–Crippen LogP) is 2.67. The molecule has 6 heteroatoms. The molecule has 0 saturated carbocycles. The molecule has 122 valence electrons. The lowest BCUT2D eigenvalue weighted by Gasteiger charge is -2.19. The third-order valence-corrected chi connectivity index (χ3v) is 3.93. The molecule has 1 aromatic carbocycles. The van der Waals surface area contributed by atoms with Gasteiger partial charge in [-0.1, -0.05) is 6.07 Å². The third-order valence-electron chi connectivity index (χ3n) is 3.93. The van der Waals surface area contributed by atoms with Gasteiger partial charge in [-0.3, -0.25) is 4.79 Å². The standard InChI is InChI=1S/C17H20N2O4/c1-3-22-16-10-15(23-18-16)17(20)19-8-4-5-12-9-14(21-2)7-6-13(12)11-19/h6-7,9-10H,3-5,8,11H2,1-2H3. The van der Waals surface area contributed by atoms with Crippen LogP contribution in [0.4, 0.5) is 0 Å². The minimum atomic E-state index is -0.160. The van der Waals surface area contributed by atoms with Gasteiger partial charge in [0.05, 0.1) is 19.8 Å². The Morgan fingerprint density at radius 2 is 2.22 bits per heavy atom. The molecule has 0 N–H and O–H groups in total. The zero-order valence-corrected chi connectivity index (χ0v) is 13.4. The van der Waals surface area contributed by atoms with Crippen molar-refractivity contribution < 1.29 is 18.8 Å². The van der Waals surface area contributed by atoms with E-state index in [9.17, 15) is 4.79 Å². The number of hydrogen-bond acceptors (Lipinski definition) is 5. The van der Waals surface area contributed by atoms with Gasteiger partial charge in [-0.25, -0.2) is 0 Å². The topological polar surface area (TPSA) is 64.8 Å². The molecule has 0 saturated heterocycles. The first-order valence-electron chi connectivity index (χ1n) is 7.76. The monoisotopic (exact) mass is 316 g/mol.